The van der Waals surface area contributed by atoms with Crippen molar-refractivity contribution >= 4 is 13.7 Å². The summed E-state index contributed by atoms with van der Waals surface area (Å²) in [5, 5.41) is 13.0. The van der Waals surface area contributed by atoms with Crippen LogP contribution in [-0.4, -0.2) is 44.3 Å². The first-order valence-electron chi connectivity index (χ1n) is 9.28. The zero-order chi connectivity index (χ0) is 19.2. The van der Waals surface area contributed by atoms with E-state index in [0.29, 0.717) is 12.4 Å². The largest absolute Gasteiger partial charge is 0.358 e. The van der Waals surface area contributed by atoms with Gasteiger partial charge >= 0.3 is 0 Å². The molecule has 0 saturated carbocycles. The van der Waals surface area contributed by atoms with E-state index < -0.39 is 14.0 Å². The second-order valence-corrected chi connectivity index (χ2v) is 14.3. The highest BCUT2D eigenvalue weighted by Gasteiger charge is 2.41. The predicted molar refractivity (Wildman–Crippen MR) is 102 cm³/mol. The number of nitrogens with zero attached hydrogens (tertiary/aromatic N) is 6. The quantitative estimate of drug-likeness (QED) is 0.479. The summed E-state index contributed by atoms with van der Waals surface area (Å²) in [5.41, 5.74) is 3.00. The van der Waals surface area contributed by atoms with Gasteiger partial charge in [-0.3, -0.25) is 0 Å². The lowest BCUT2D eigenvalue weighted by atomic mass is 9.84. The molecule has 3 aromatic rings. The monoisotopic (exact) mass is 388 g/mol. The van der Waals surface area contributed by atoms with Crippen LogP contribution in [0.25, 0.3) is 5.65 Å². The first-order valence-corrected chi connectivity index (χ1v) is 13.0. The van der Waals surface area contributed by atoms with Crippen molar-refractivity contribution in [3.8, 4) is 0 Å². The van der Waals surface area contributed by atoms with E-state index in [1.54, 1.807) is 15.5 Å². The lowest BCUT2D eigenvalue weighted by Gasteiger charge is -2.22. The van der Waals surface area contributed by atoms with E-state index in [1.165, 1.54) is 6.07 Å². The maximum absolute atomic E-state index is 13.7. The van der Waals surface area contributed by atoms with Crippen LogP contribution in [0.4, 0.5) is 4.39 Å². The van der Waals surface area contributed by atoms with Gasteiger partial charge in [-0.05, 0) is 31.4 Å². The fourth-order valence-electron chi connectivity index (χ4n) is 3.60. The van der Waals surface area contributed by atoms with E-state index in [0.717, 1.165) is 42.4 Å². The molecule has 0 fully saturated rings. The number of rotatable bonds is 6. The molecule has 0 spiro atoms. The Morgan fingerprint density at radius 3 is 2.85 bits per heavy atom. The first-order chi connectivity index (χ1) is 12.8. The van der Waals surface area contributed by atoms with Crippen LogP contribution in [0.2, 0.25) is 25.7 Å². The molecule has 0 amide bonds. The molecule has 144 valence electrons. The standard InChI is InChI=1S/C18H25FN6OSi/c1-18(14-11-21-24(22-14)12-26-7-8-27(2,3)4)6-5-13-10-20-16-9-15(19)23-25(16)17(13)18/h9-11H,5-8,12H2,1-4H3. The fraction of sp³-hybridized carbons (Fsp3) is 0.556. The number of fused-ring (bicyclic) bond motifs is 3. The summed E-state index contributed by atoms with van der Waals surface area (Å²) in [6, 6.07) is 2.46. The van der Waals surface area contributed by atoms with E-state index >= 15 is 0 Å². The second-order valence-electron chi connectivity index (χ2n) is 8.65. The van der Waals surface area contributed by atoms with Crippen LogP contribution in [-0.2, 0) is 23.3 Å². The smallest absolute Gasteiger partial charge is 0.235 e. The molecule has 1 atom stereocenters. The van der Waals surface area contributed by atoms with Crippen LogP contribution in [0, 0.1) is 5.95 Å². The maximum Gasteiger partial charge on any atom is 0.235 e. The topological polar surface area (TPSA) is 70.1 Å². The normalized spacial score (nSPS) is 19.7. The number of hydrogen-bond acceptors (Lipinski definition) is 5. The second kappa shape index (κ2) is 6.49. The molecule has 1 aliphatic carbocycles. The summed E-state index contributed by atoms with van der Waals surface area (Å²) in [7, 11) is -1.11. The van der Waals surface area contributed by atoms with Gasteiger partial charge in [-0.25, -0.2) is 9.50 Å². The molecule has 7 nitrogen and oxygen atoms in total. The van der Waals surface area contributed by atoms with E-state index in [-0.39, 0.29) is 5.41 Å². The van der Waals surface area contributed by atoms with Crippen molar-refractivity contribution in [2.24, 2.45) is 0 Å². The van der Waals surface area contributed by atoms with Gasteiger partial charge in [0.1, 0.15) is 0 Å². The van der Waals surface area contributed by atoms with Crippen molar-refractivity contribution < 1.29 is 9.13 Å². The van der Waals surface area contributed by atoms with Crippen LogP contribution >= 0.6 is 0 Å². The number of halogens is 1. The zero-order valence-corrected chi connectivity index (χ0v) is 17.2. The van der Waals surface area contributed by atoms with Gasteiger partial charge in [0.05, 0.1) is 23.0 Å². The predicted octanol–water partition coefficient (Wildman–Crippen LogP) is 3.02. The van der Waals surface area contributed by atoms with Gasteiger partial charge < -0.3 is 4.74 Å². The minimum absolute atomic E-state index is 0.343. The molecular weight excluding hydrogens is 363 g/mol. The van der Waals surface area contributed by atoms with Gasteiger partial charge in [-0.1, -0.05) is 19.6 Å². The Morgan fingerprint density at radius 2 is 2.07 bits per heavy atom. The van der Waals surface area contributed by atoms with E-state index in [4.69, 9.17) is 4.74 Å². The van der Waals surface area contributed by atoms with Gasteiger partial charge in [0, 0.05) is 26.9 Å². The van der Waals surface area contributed by atoms with Crippen molar-refractivity contribution in [1.29, 1.82) is 0 Å². The minimum Gasteiger partial charge on any atom is -0.358 e. The Hall–Kier alpha value is -2.13. The first kappa shape index (κ1) is 18.2. The fourth-order valence-corrected chi connectivity index (χ4v) is 4.36. The van der Waals surface area contributed by atoms with Crippen molar-refractivity contribution in [2.75, 3.05) is 6.61 Å². The van der Waals surface area contributed by atoms with Crippen molar-refractivity contribution in [3.05, 3.63) is 41.4 Å². The summed E-state index contributed by atoms with van der Waals surface area (Å²) >= 11 is 0. The van der Waals surface area contributed by atoms with Gasteiger partial charge in [0.2, 0.25) is 5.95 Å². The third kappa shape index (κ3) is 3.41. The Kier molecular flexibility index (Phi) is 4.38. The highest BCUT2D eigenvalue weighted by Crippen LogP contribution is 2.42. The Morgan fingerprint density at radius 1 is 1.26 bits per heavy atom. The van der Waals surface area contributed by atoms with Crippen LogP contribution in [0.5, 0.6) is 0 Å². The molecule has 27 heavy (non-hydrogen) atoms. The Balaban J connectivity index is 1.57. The highest BCUT2D eigenvalue weighted by atomic mass is 28.3. The minimum atomic E-state index is -1.11. The molecular formula is C18H25FN6OSi. The molecule has 0 aromatic carbocycles. The Labute approximate surface area is 158 Å². The van der Waals surface area contributed by atoms with Crippen molar-refractivity contribution in [2.45, 2.75) is 57.6 Å². The van der Waals surface area contributed by atoms with Gasteiger partial charge in [0.25, 0.3) is 0 Å². The average Bonchev–Trinajstić information content (AvgIpc) is 3.28. The molecule has 3 aromatic heterocycles. The number of aryl methyl sites for hydroxylation is 1. The molecule has 3 heterocycles. The third-order valence-electron chi connectivity index (χ3n) is 5.25. The van der Waals surface area contributed by atoms with Crippen LogP contribution in [0.3, 0.4) is 0 Å². The number of hydrogen-bond donors (Lipinski definition) is 0. The molecule has 1 aliphatic rings. The summed E-state index contributed by atoms with van der Waals surface area (Å²) in [6.45, 7) is 10.2. The van der Waals surface area contributed by atoms with Crippen LogP contribution < -0.4 is 0 Å². The summed E-state index contributed by atoms with van der Waals surface area (Å²) in [6.07, 6.45) is 5.32. The molecule has 4 rings (SSSR count). The summed E-state index contributed by atoms with van der Waals surface area (Å²) < 4.78 is 21.0. The molecule has 0 N–H and O–H groups in total. The molecule has 1 unspecified atom stereocenters. The van der Waals surface area contributed by atoms with Gasteiger partial charge in [0.15, 0.2) is 12.4 Å². The van der Waals surface area contributed by atoms with Crippen molar-refractivity contribution in [1.82, 2.24) is 29.6 Å². The van der Waals surface area contributed by atoms with E-state index in [9.17, 15) is 4.39 Å². The number of ether oxygens (including phenoxy) is 1. The number of aromatic nitrogens is 6. The van der Waals surface area contributed by atoms with Crippen LogP contribution in [0.15, 0.2) is 18.5 Å². The van der Waals surface area contributed by atoms with Crippen molar-refractivity contribution in [3.63, 3.8) is 0 Å². The lowest BCUT2D eigenvalue weighted by molar-refractivity contribution is 0.0680. The summed E-state index contributed by atoms with van der Waals surface area (Å²) in [4.78, 5) is 5.90. The molecule has 0 radical (unpaired) electrons. The third-order valence-corrected chi connectivity index (χ3v) is 6.96. The molecule has 9 heteroatoms. The zero-order valence-electron chi connectivity index (χ0n) is 16.2. The van der Waals surface area contributed by atoms with E-state index in [2.05, 4.69) is 46.8 Å². The highest BCUT2D eigenvalue weighted by molar-refractivity contribution is 6.76. The van der Waals surface area contributed by atoms with Gasteiger partial charge in [-0.2, -0.15) is 19.4 Å². The molecule has 0 saturated heterocycles. The summed E-state index contributed by atoms with van der Waals surface area (Å²) in [5.74, 6) is -0.524. The average molecular weight is 389 g/mol. The molecule has 0 bridgehead atoms. The maximum atomic E-state index is 13.7. The lowest BCUT2D eigenvalue weighted by Crippen LogP contribution is -2.25. The van der Waals surface area contributed by atoms with Crippen LogP contribution in [0.1, 0.15) is 30.3 Å². The molecule has 0 aliphatic heterocycles. The van der Waals surface area contributed by atoms with E-state index in [1.807, 2.05) is 6.20 Å². The van der Waals surface area contributed by atoms with Gasteiger partial charge in [-0.15, -0.1) is 5.10 Å². The Bertz CT molecular complexity index is 978. The SMILES string of the molecule is CC1(c2cnn(COCC[Si](C)(C)C)n2)CCc2cnc3cc(F)nn3c21.